The van der Waals surface area contributed by atoms with Gasteiger partial charge in [0, 0.05) is 34.9 Å². The molecule has 0 saturated heterocycles. The third-order valence-electron chi connectivity index (χ3n) is 6.71. The van der Waals surface area contributed by atoms with E-state index in [-0.39, 0.29) is 17.1 Å². The molecule has 3 heterocycles. The van der Waals surface area contributed by atoms with Crippen LogP contribution in [0.25, 0.3) is 10.9 Å². The van der Waals surface area contributed by atoms with Crippen LogP contribution < -0.4 is 4.74 Å². The number of nitrogens with one attached hydrogen (secondary N) is 1. The summed E-state index contributed by atoms with van der Waals surface area (Å²) >= 11 is 0. The number of ketones is 1. The number of aromatic nitrogens is 1. The van der Waals surface area contributed by atoms with Crippen LogP contribution in [0.1, 0.15) is 28.5 Å². The zero-order valence-corrected chi connectivity index (χ0v) is 18.6. The van der Waals surface area contributed by atoms with Crippen molar-refractivity contribution in [2.45, 2.75) is 18.9 Å². The Labute approximate surface area is 190 Å². The lowest BCUT2D eigenvalue weighted by atomic mass is 9.77. The number of methoxy groups -OCH3 is 2. The van der Waals surface area contributed by atoms with Crippen LogP contribution in [0.5, 0.6) is 11.5 Å². The first-order chi connectivity index (χ1) is 15.9. The second-order valence-corrected chi connectivity index (χ2v) is 8.39. The van der Waals surface area contributed by atoms with E-state index >= 15 is 0 Å². The standard InChI is InChI=1S/C26H24N2O5/c1-26-20(25(31)33-3)12-15(23(30)18-6-4-5-7-22(18)29)14-28(26)11-10-17-19-13-16(32-2)8-9-21(19)27-24(17)26/h4-9,12-14,27,29H,10-11H2,1-3H3. The van der Waals surface area contributed by atoms with Gasteiger partial charge < -0.3 is 24.5 Å². The van der Waals surface area contributed by atoms with Crippen LogP contribution in [-0.2, 0) is 21.5 Å². The second kappa shape index (κ2) is 7.55. The molecule has 0 amide bonds. The van der Waals surface area contributed by atoms with Gasteiger partial charge in [-0.15, -0.1) is 0 Å². The monoisotopic (exact) mass is 444 g/mol. The van der Waals surface area contributed by atoms with Crippen LogP contribution in [0.4, 0.5) is 0 Å². The average molecular weight is 444 g/mol. The van der Waals surface area contributed by atoms with Crippen molar-refractivity contribution in [3.8, 4) is 11.5 Å². The minimum atomic E-state index is -0.852. The molecule has 7 nitrogen and oxygen atoms in total. The van der Waals surface area contributed by atoms with Gasteiger partial charge in [0.2, 0.25) is 0 Å². The van der Waals surface area contributed by atoms with Crippen LogP contribution in [0.2, 0.25) is 0 Å². The highest BCUT2D eigenvalue weighted by molar-refractivity contribution is 6.13. The molecule has 0 aliphatic carbocycles. The zero-order chi connectivity index (χ0) is 23.3. The zero-order valence-electron chi connectivity index (χ0n) is 18.6. The largest absolute Gasteiger partial charge is 0.507 e. The van der Waals surface area contributed by atoms with E-state index in [0.29, 0.717) is 17.7 Å². The number of carbonyl (C=O) groups is 2. The summed E-state index contributed by atoms with van der Waals surface area (Å²) in [6, 6.07) is 12.2. The fraction of sp³-hybridized carbons (Fsp3) is 0.231. The number of allylic oxidation sites excluding steroid dienone is 2. The Morgan fingerprint density at radius 3 is 2.67 bits per heavy atom. The van der Waals surface area contributed by atoms with Crippen LogP contribution in [0, 0.1) is 0 Å². The molecule has 2 aromatic carbocycles. The topological polar surface area (TPSA) is 91.9 Å². The van der Waals surface area contributed by atoms with Gasteiger partial charge in [0.25, 0.3) is 0 Å². The van der Waals surface area contributed by atoms with E-state index in [0.717, 1.165) is 34.3 Å². The summed E-state index contributed by atoms with van der Waals surface area (Å²) in [7, 11) is 2.97. The maximum atomic E-state index is 13.2. The van der Waals surface area contributed by atoms with Gasteiger partial charge in [-0.1, -0.05) is 12.1 Å². The first kappa shape index (κ1) is 20.9. The number of nitrogens with zero attached hydrogens (tertiary/aromatic N) is 1. The first-order valence-electron chi connectivity index (χ1n) is 10.7. The van der Waals surface area contributed by atoms with Crippen LogP contribution >= 0.6 is 0 Å². The van der Waals surface area contributed by atoms with Crippen molar-refractivity contribution in [1.29, 1.82) is 0 Å². The molecule has 3 aromatic rings. The summed E-state index contributed by atoms with van der Waals surface area (Å²) in [5.74, 6) is -0.207. The number of benzene rings is 2. The molecule has 0 fully saturated rings. The second-order valence-electron chi connectivity index (χ2n) is 8.39. The number of rotatable bonds is 4. The number of hydrogen-bond donors (Lipinski definition) is 2. The van der Waals surface area contributed by atoms with Crippen molar-refractivity contribution in [2.75, 3.05) is 20.8 Å². The Morgan fingerprint density at radius 1 is 1.15 bits per heavy atom. The number of para-hydroxylation sites is 1. The number of esters is 1. The van der Waals surface area contributed by atoms with Crippen molar-refractivity contribution >= 4 is 22.7 Å². The van der Waals surface area contributed by atoms with Crippen molar-refractivity contribution in [2.24, 2.45) is 0 Å². The molecular weight excluding hydrogens is 420 g/mol. The molecule has 2 aliphatic heterocycles. The molecule has 2 N–H and O–H groups in total. The van der Waals surface area contributed by atoms with E-state index in [1.54, 1.807) is 37.6 Å². The van der Waals surface area contributed by atoms with Gasteiger partial charge in [-0.3, -0.25) is 4.79 Å². The number of ether oxygens (including phenoxy) is 2. The van der Waals surface area contributed by atoms with Crippen molar-refractivity contribution in [3.63, 3.8) is 0 Å². The minimum absolute atomic E-state index is 0.102. The molecule has 33 heavy (non-hydrogen) atoms. The Bertz CT molecular complexity index is 1370. The normalized spacial score (nSPS) is 19.3. The Hall–Kier alpha value is -4.00. The molecule has 2 aliphatic rings. The molecule has 0 radical (unpaired) electrons. The SMILES string of the molecule is COC(=O)C1=CC(C(=O)c2ccccc2O)=CN2CCc3c([nH]c4ccc(OC)cc34)C12C. The summed E-state index contributed by atoms with van der Waals surface area (Å²) in [6.07, 6.45) is 4.08. The highest BCUT2D eigenvalue weighted by Gasteiger charge is 2.48. The summed E-state index contributed by atoms with van der Waals surface area (Å²) in [4.78, 5) is 31.7. The molecular formula is C26H24N2O5. The van der Waals surface area contributed by atoms with E-state index in [9.17, 15) is 14.7 Å². The third-order valence-corrected chi connectivity index (χ3v) is 6.71. The third kappa shape index (κ3) is 3.03. The van der Waals surface area contributed by atoms with Crippen molar-refractivity contribution in [3.05, 3.63) is 82.7 Å². The number of carbonyl (C=O) groups excluding carboxylic acids is 2. The minimum Gasteiger partial charge on any atom is -0.507 e. The number of hydrogen-bond acceptors (Lipinski definition) is 6. The highest BCUT2D eigenvalue weighted by atomic mass is 16.5. The Balaban J connectivity index is 1.67. The molecule has 0 saturated carbocycles. The maximum Gasteiger partial charge on any atom is 0.336 e. The van der Waals surface area contributed by atoms with Gasteiger partial charge in [0.05, 0.1) is 25.4 Å². The summed E-state index contributed by atoms with van der Waals surface area (Å²) < 4.78 is 10.5. The lowest BCUT2D eigenvalue weighted by molar-refractivity contribution is -0.137. The predicted octanol–water partition coefficient (Wildman–Crippen LogP) is 3.84. The molecule has 0 spiro atoms. The number of Topliss-reactive ketones (excluding diaryl/α,β-unsaturated/α-hetero) is 1. The highest BCUT2D eigenvalue weighted by Crippen LogP contribution is 2.47. The van der Waals surface area contributed by atoms with Crippen molar-refractivity contribution < 1.29 is 24.2 Å². The predicted molar refractivity (Wildman–Crippen MR) is 123 cm³/mol. The molecule has 0 bridgehead atoms. The number of phenolic OH excluding ortho intramolecular Hbond substituents is 1. The molecule has 7 heteroatoms. The molecule has 5 rings (SSSR count). The quantitative estimate of drug-likeness (QED) is 0.469. The lowest BCUT2D eigenvalue weighted by Crippen LogP contribution is -2.50. The number of fused-ring (bicyclic) bond motifs is 5. The van der Waals surface area contributed by atoms with Gasteiger partial charge in [0.1, 0.15) is 17.0 Å². The smallest absolute Gasteiger partial charge is 0.336 e. The summed E-state index contributed by atoms with van der Waals surface area (Å²) in [5, 5.41) is 11.2. The summed E-state index contributed by atoms with van der Waals surface area (Å²) in [5.41, 5.74) is 2.95. The van der Waals surface area contributed by atoms with E-state index < -0.39 is 11.5 Å². The maximum absolute atomic E-state index is 13.2. The van der Waals surface area contributed by atoms with Gasteiger partial charge >= 0.3 is 5.97 Å². The van der Waals surface area contributed by atoms with Gasteiger partial charge in [-0.25, -0.2) is 4.79 Å². The average Bonchev–Trinajstić information content (AvgIpc) is 3.21. The van der Waals surface area contributed by atoms with Crippen LogP contribution in [0.3, 0.4) is 0 Å². The van der Waals surface area contributed by atoms with E-state index in [1.807, 2.05) is 30.0 Å². The fourth-order valence-corrected chi connectivity index (χ4v) is 4.93. The number of H-pyrrole nitrogens is 1. The fourth-order valence-electron chi connectivity index (χ4n) is 4.93. The number of phenols is 1. The summed E-state index contributed by atoms with van der Waals surface area (Å²) in [6.45, 7) is 2.55. The van der Waals surface area contributed by atoms with Crippen LogP contribution in [-0.4, -0.2) is 47.5 Å². The first-order valence-corrected chi connectivity index (χ1v) is 10.7. The van der Waals surface area contributed by atoms with Crippen molar-refractivity contribution in [1.82, 2.24) is 9.88 Å². The van der Waals surface area contributed by atoms with E-state index in [1.165, 1.54) is 13.2 Å². The molecule has 1 unspecified atom stereocenters. The van der Waals surface area contributed by atoms with Gasteiger partial charge in [0.15, 0.2) is 5.78 Å². The molecule has 1 atom stereocenters. The lowest BCUT2D eigenvalue weighted by Gasteiger charge is -2.47. The van der Waals surface area contributed by atoms with E-state index in [2.05, 4.69) is 4.98 Å². The number of aromatic amines is 1. The Kier molecular flexibility index (Phi) is 4.78. The Morgan fingerprint density at radius 2 is 1.94 bits per heavy atom. The van der Waals surface area contributed by atoms with Gasteiger partial charge in [-0.05, 0) is 55.3 Å². The van der Waals surface area contributed by atoms with Crippen LogP contribution in [0.15, 0.2) is 65.9 Å². The molecule has 168 valence electrons. The van der Waals surface area contributed by atoms with E-state index in [4.69, 9.17) is 9.47 Å². The number of aromatic hydroxyl groups is 1. The van der Waals surface area contributed by atoms with Gasteiger partial charge in [-0.2, -0.15) is 0 Å². The molecule has 1 aromatic heterocycles.